The third kappa shape index (κ3) is 2.19. The molecule has 0 aliphatic carbocycles. The lowest BCUT2D eigenvalue weighted by Gasteiger charge is -2.32. The maximum absolute atomic E-state index is 12.2. The maximum atomic E-state index is 12.2. The van der Waals surface area contributed by atoms with E-state index >= 15 is 0 Å². The third-order valence-corrected chi connectivity index (χ3v) is 3.63. The summed E-state index contributed by atoms with van der Waals surface area (Å²) < 4.78 is 11.0. The Morgan fingerprint density at radius 1 is 1.16 bits per heavy atom. The molecule has 1 fully saturated rings. The highest BCUT2D eigenvalue weighted by Gasteiger charge is 2.58. The molecule has 0 aromatic carbocycles. The molecule has 2 aliphatic rings. The van der Waals surface area contributed by atoms with Crippen molar-refractivity contribution in [2.24, 2.45) is 15.8 Å². The lowest BCUT2D eigenvalue weighted by atomic mass is 9.84. The van der Waals surface area contributed by atoms with Crippen LogP contribution in [0.15, 0.2) is 4.99 Å². The smallest absolute Gasteiger partial charge is 0.412 e. The monoisotopic (exact) mass is 268 g/mol. The van der Waals surface area contributed by atoms with Gasteiger partial charge in [0.1, 0.15) is 12.3 Å². The molecule has 0 spiro atoms. The molecule has 2 rings (SSSR count). The van der Waals surface area contributed by atoms with Crippen LogP contribution in [0.5, 0.6) is 0 Å². The highest BCUT2D eigenvalue weighted by Crippen LogP contribution is 2.42. The Bertz CT molecular complexity index is 417. The summed E-state index contributed by atoms with van der Waals surface area (Å²) >= 11 is 0. The van der Waals surface area contributed by atoms with Gasteiger partial charge >= 0.3 is 6.09 Å². The Hall–Kier alpha value is -1.26. The summed E-state index contributed by atoms with van der Waals surface area (Å²) in [5, 5.41) is 0. The Kier molecular flexibility index (Phi) is 3.07. The molecule has 3 atom stereocenters. The molecule has 0 bridgehead atoms. The zero-order chi connectivity index (χ0) is 14.6. The second-order valence-corrected chi connectivity index (χ2v) is 7.43. The number of nitrogens with zero attached hydrogens (tertiary/aromatic N) is 2. The van der Waals surface area contributed by atoms with E-state index in [4.69, 9.17) is 9.47 Å². The number of hydrogen-bond acceptors (Lipinski definition) is 4. The summed E-state index contributed by atoms with van der Waals surface area (Å²) in [7, 11) is 1.60. The van der Waals surface area contributed by atoms with Crippen molar-refractivity contribution in [1.29, 1.82) is 0 Å². The van der Waals surface area contributed by atoms with Crippen molar-refractivity contribution in [2.75, 3.05) is 7.11 Å². The van der Waals surface area contributed by atoms with E-state index < -0.39 is 0 Å². The van der Waals surface area contributed by atoms with Crippen molar-refractivity contribution >= 4 is 12.0 Å². The van der Waals surface area contributed by atoms with Crippen molar-refractivity contribution in [3.63, 3.8) is 0 Å². The molecule has 0 N–H and O–H groups in total. The summed E-state index contributed by atoms with van der Waals surface area (Å²) in [5.74, 6) is 0.603. The lowest BCUT2D eigenvalue weighted by molar-refractivity contribution is 0.0627. The molecule has 5 heteroatoms. The number of carbonyl (C=O) groups excluding carboxylic acids is 1. The van der Waals surface area contributed by atoms with E-state index in [0.29, 0.717) is 5.90 Å². The number of hydrogen-bond donors (Lipinski definition) is 0. The third-order valence-electron chi connectivity index (χ3n) is 3.63. The van der Waals surface area contributed by atoms with Gasteiger partial charge in [-0.05, 0) is 0 Å². The van der Waals surface area contributed by atoms with Crippen LogP contribution < -0.4 is 0 Å². The van der Waals surface area contributed by atoms with Crippen LogP contribution in [0.4, 0.5) is 4.79 Å². The number of ether oxygens (including phenoxy) is 2. The quantitative estimate of drug-likeness (QED) is 0.678. The van der Waals surface area contributed by atoms with Crippen molar-refractivity contribution in [3.8, 4) is 0 Å². The van der Waals surface area contributed by atoms with Gasteiger partial charge in [-0.15, -0.1) is 0 Å². The first-order chi connectivity index (χ1) is 8.57. The molecule has 0 aromatic heterocycles. The molecule has 2 aliphatic heterocycles. The molecule has 19 heavy (non-hydrogen) atoms. The van der Waals surface area contributed by atoms with Gasteiger partial charge in [-0.1, -0.05) is 41.5 Å². The molecular weight excluding hydrogens is 244 g/mol. The molecule has 0 saturated carbocycles. The van der Waals surface area contributed by atoms with Crippen LogP contribution in [0.3, 0.4) is 0 Å². The fourth-order valence-corrected chi connectivity index (χ4v) is 2.69. The van der Waals surface area contributed by atoms with Gasteiger partial charge < -0.3 is 9.47 Å². The van der Waals surface area contributed by atoms with Crippen molar-refractivity contribution in [1.82, 2.24) is 4.90 Å². The van der Waals surface area contributed by atoms with Gasteiger partial charge in [-0.25, -0.2) is 9.79 Å². The second kappa shape index (κ2) is 4.12. The molecule has 0 radical (unpaired) electrons. The normalized spacial score (nSPS) is 31.1. The van der Waals surface area contributed by atoms with Gasteiger partial charge in [0.05, 0.1) is 7.11 Å². The minimum absolute atomic E-state index is 0.148. The van der Waals surface area contributed by atoms with Crippen molar-refractivity contribution in [2.45, 2.75) is 59.9 Å². The Morgan fingerprint density at radius 3 is 2.16 bits per heavy atom. The van der Waals surface area contributed by atoms with Crippen LogP contribution >= 0.6 is 0 Å². The van der Waals surface area contributed by atoms with E-state index in [2.05, 4.69) is 46.5 Å². The number of carbonyl (C=O) groups is 1. The van der Waals surface area contributed by atoms with Gasteiger partial charge in [-0.2, -0.15) is 0 Å². The molecular formula is C14H24N2O3. The number of aliphatic imine (C=N–C) groups is 1. The zero-order valence-electron chi connectivity index (χ0n) is 12.9. The summed E-state index contributed by atoms with van der Waals surface area (Å²) in [6, 6.07) is -0.207. The summed E-state index contributed by atoms with van der Waals surface area (Å²) in [6.45, 7) is 12.4. The number of amides is 1. The molecule has 0 aromatic rings. The molecule has 108 valence electrons. The minimum atomic E-state index is -0.291. The average molecular weight is 268 g/mol. The zero-order valence-corrected chi connectivity index (χ0v) is 12.9. The average Bonchev–Trinajstić information content (AvgIpc) is 2.75. The topological polar surface area (TPSA) is 51.1 Å². The van der Waals surface area contributed by atoms with Gasteiger partial charge in [0.15, 0.2) is 6.04 Å². The van der Waals surface area contributed by atoms with Gasteiger partial charge in [0, 0.05) is 10.8 Å². The predicted octanol–water partition coefficient (Wildman–Crippen LogP) is 2.65. The van der Waals surface area contributed by atoms with Gasteiger partial charge in [-0.3, -0.25) is 4.90 Å². The summed E-state index contributed by atoms with van der Waals surface area (Å²) in [6.07, 6.45) is -0.751. The number of fused-ring (bicyclic) bond motifs is 1. The van der Waals surface area contributed by atoms with Crippen molar-refractivity contribution in [3.05, 3.63) is 0 Å². The van der Waals surface area contributed by atoms with Crippen molar-refractivity contribution < 1.29 is 14.3 Å². The van der Waals surface area contributed by atoms with E-state index in [1.807, 2.05) is 0 Å². The Balaban J connectivity index is 2.41. The molecule has 0 unspecified atom stereocenters. The lowest BCUT2D eigenvalue weighted by Crippen LogP contribution is -2.48. The SMILES string of the molecule is COC1=N[C@@H](C(C)(C)C)N2C(=O)O[C@H](C(C)(C)C)[C@H]12. The highest BCUT2D eigenvalue weighted by molar-refractivity contribution is 5.91. The number of cyclic esters (lactones) is 1. The maximum Gasteiger partial charge on any atom is 0.412 e. The summed E-state index contributed by atoms with van der Waals surface area (Å²) in [4.78, 5) is 18.5. The number of methoxy groups -OCH3 is 1. The molecule has 5 nitrogen and oxygen atoms in total. The van der Waals surface area contributed by atoms with E-state index in [1.54, 1.807) is 12.0 Å². The molecule has 1 saturated heterocycles. The van der Waals surface area contributed by atoms with Gasteiger partial charge in [0.2, 0.25) is 5.90 Å². The first-order valence-corrected chi connectivity index (χ1v) is 6.68. The first-order valence-electron chi connectivity index (χ1n) is 6.68. The van der Waals surface area contributed by atoms with Crippen LogP contribution in [0.1, 0.15) is 41.5 Å². The fraction of sp³-hybridized carbons (Fsp3) is 0.857. The van der Waals surface area contributed by atoms with Crippen LogP contribution in [0, 0.1) is 10.8 Å². The Morgan fingerprint density at radius 2 is 1.74 bits per heavy atom. The predicted molar refractivity (Wildman–Crippen MR) is 73.0 cm³/mol. The summed E-state index contributed by atoms with van der Waals surface area (Å²) in [5.41, 5.74) is -0.300. The van der Waals surface area contributed by atoms with E-state index in [0.717, 1.165) is 0 Å². The van der Waals surface area contributed by atoms with Crippen LogP contribution in [0.25, 0.3) is 0 Å². The van der Waals surface area contributed by atoms with E-state index in [-0.39, 0.29) is 35.2 Å². The van der Waals surface area contributed by atoms with Gasteiger partial charge in [0.25, 0.3) is 0 Å². The van der Waals surface area contributed by atoms with E-state index in [1.165, 1.54) is 0 Å². The standard InChI is InChI=1S/C14H24N2O3/c1-13(2,3)9-8-10(18-7)15-11(14(4,5)6)16(8)12(17)19-9/h8-9,11H,1-7H3/t8-,9+,11-/m1/s1. The first kappa shape index (κ1) is 14.2. The Labute approximate surface area is 115 Å². The minimum Gasteiger partial charge on any atom is -0.483 e. The second-order valence-electron chi connectivity index (χ2n) is 7.43. The highest BCUT2D eigenvalue weighted by atomic mass is 16.6. The van der Waals surface area contributed by atoms with Crippen LogP contribution in [0.2, 0.25) is 0 Å². The van der Waals surface area contributed by atoms with E-state index in [9.17, 15) is 4.79 Å². The molecule has 1 amide bonds. The number of rotatable bonds is 0. The fourth-order valence-electron chi connectivity index (χ4n) is 2.69. The van der Waals surface area contributed by atoms with Crippen LogP contribution in [-0.4, -0.2) is 42.3 Å². The van der Waals surface area contributed by atoms with Crippen LogP contribution in [-0.2, 0) is 9.47 Å². The largest absolute Gasteiger partial charge is 0.483 e. The molecule has 2 heterocycles.